The molecule has 1 unspecified atom stereocenters. The molecule has 0 aliphatic carbocycles. The van der Waals surface area contributed by atoms with E-state index in [1.54, 1.807) is 11.3 Å². The van der Waals surface area contributed by atoms with Gasteiger partial charge in [0, 0.05) is 11.4 Å². The Morgan fingerprint density at radius 3 is 2.63 bits per heavy atom. The van der Waals surface area contributed by atoms with Crippen molar-refractivity contribution in [1.29, 1.82) is 0 Å². The van der Waals surface area contributed by atoms with Crippen molar-refractivity contribution in [1.82, 2.24) is 0 Å². The summed E-state index contributed by atoms with van der Waals surface area (Å²) in [7, 11) is 0. The van der Waals surface area contributed by atoms with Gasteiger partial charge in [-0.2, -0.15) is 0 Å². The number of thiophene rings is 1. The van der Waals surface area contributed by atoms with E-state index in [0.29, 0.717) is 12.5 Å². The SMILES string of the molecule is Cc1ccsc1C(CN)Oc1cccc(C(C)C)c1. The van der Waals surface area contributed by atoms with E-state index in [1.165, 1.54) is 16.0 Å². The fourth-order valence-corrected chi connectivity index (χ4v) is 3.00. The second-order valence-corrected chi connectivity index (χ2v) is 5.98. The second kappa shape index (κ2) is 6.22. The first-order valence-corrected chi connectivity index (χ1v) is 7.50. The Morgan fingerprint density at radius 1 is 1.26 bits per heavy atom. The first kappa shape index (κ1) is 14.1. The molecule has 0 bridgehead atoms. The van der Waals surface area contributed by atoms with Crippen LogP contribution in [0.2, 0.25) is 0 Å². The second-order valence-electron chi connectivity index (χ2n) is 5.04. The summed E-state index contributed by atoms with van der Waals surface area (Å²) in [5.41, 5.74) is 8.40. The van der Waals surface area contributed by atoms with Gasteiger partial charge in [-0.25, -0.2) is 0 Å². The molecule has 0 radical (unpaired) electrons. The number of aryl methyl sites for hydroxylation is 1. The highest BCUT2D eigenvalue weighted by atomic mass is 32.1. The summed E-state index contributed by atoms with van der Waals surface area (Å²) in [6.45, 7) is 6.96. The molecule has 1 atom stereocenters. The summed E-state index contributed by atoms with van der Waals surface area (Å²) in [5.74, 6) is 1.40. The standard InChI is InChI=1S/C16H21NOS/c1-11(2)13-5-4-6-14(9-13)18-15(10-17)16-12(3)7-8-19-16/h4-9,11,15H,10,17H2,1-3H3. The zero-order chi connectivity index (χ0) is 13.8. The van der Waals surface area contributed by atoms with Crippen molar-refractivity contribution in [2.45, 2.75) is 32.8 Å². The number of rotatable bonds is 5. The molecule has 0 saturated carbocycles. The van der Waals surface area contributed by atoms with Crippen LogP contribution >= 0.6 is 11.3 Å². The first-order chi connectivity index (χ1) is 9.11. The Bertz CT molecular complexity index is 533. The summed E-state index contributed by atoms with van der Waals surface area (Å²) in [6.07, 6.45) is -0.0533. The first-order valence-electron chi connectivity index (χ1n) is 6.62. The molecule has 2 N–H and O–H groups in total. The molecule has 102 valence electrons. The highest BCUT2D eigenvalue weighted by molar-refractivity contribution is 7.10. The van der Waals surface area contributed by atoms with E-state index in [1.807, 2.05) is 12.1 Å². The van der Waals surface area contributed by atoms with Crippen LogP contribution in [-0.2, 0) is 0 Å². The molecule has 0 fully saturated rings. The van der Waals surface area contributed by atoms with E-state index in [-0.39, 0.29) is 6.10 Å². The van der Waals surface area contributed by atoms with Crippen LogP contribution in [0.15, 0.2) is 35.7 Å². The third-order valence-electron chi connectivity index (χ3n) is 3.21. The smallest absolute Gasteiger partial charge is 0.145 e. The third kappa shape index (κ3) is 3.37. The highest BCUT2D eigenvalue weighted by Crippen LogP contribution is 2.29. The van der Waals surface area contributed by atoms with Crippen LogP contribution in [-0.4, -0.2) is 6.54 Å². The lowest BCUT2D eigenvalue weighted by atomic mass is 10.0. The summed E-state index contributed by atoms with van der Waals surface area (Å²) in [4.78, 5) is 1.22. The van der Waals surface area contributed by atoms with Crippen LogP contribution in [0.4, 0.5) is 0 Å². The van der Waals surface area contributed by atoms with Crippen molar-refractivity contribution in [3.05, 3.63) is 51.7 Å². The van der Waals surface area contributed by atoms with Gasteiger partial charge in [0.15, 0.2) is 0 Å². The van der Waals surface area contributed by atoms with E-state index in [2.05, 4.69) is 44.4 Å². The molecule has 1 heterocycles. The third-order valence-corrected chi connectivity index (χ3v) is 4.32. The summed E-state index contributed by atoms with van der Waals surface area (Å²) < 4.78 is 6.07. The molecule has 3 heteroatoms. The lowest BCUT2D eigenvalue weighted by Gasteiger charge is -2.18. The Hall–Kier alpha value is -1.32. The van der Waals surface area contributed by atoms with Crippen LogP contribution in [0.3, 0.4) is 0 Å². The van der Waals surface area contributed by atoms with E-state index in [0.717, 1.165) is 5.75 Å². The fraction of sp³-hybridized carbons (Fsp3) is 0.375. The van der Waals surface area contributed by atoms with Gasteiger partial charge < -0.3 is 10.5 Å². The van der Waals surface area contributed by atoms with Gasteiger partial charge in [0.1, 0.15) is 11.9 Å². The van der Waals surface area contributed by atoms with Crippen LogP contribution in [0.5, 0.6) is 5.75 Å². The maximum atomic E-state index is 6.07. The number of nitrogens with two attached hydrogens (primary N) is 1. The zero-order valence-electron chi connectivity index (χ0n) is 11.7. The molecule has 2 rings (SSSR count). The summed E-state index contributed by atoms with van der Waals surface area (Å²) in [5, 5.41) is 2.08. The van der Waals surface area contributed by atoms with Gasteiger partial charge in [-0.05, 0) is 47.5 Å². The van der Waals surface area contributed by atoms with Crippen molar-refractivity contribution in [3.8, 4) is 5.75 Å². The molecular weight excluding hydrogens is 254 g/mol. The molecule has 2 aromatic rings. The predicted molar refractivity (Wildman–Crippen MR) is 82.0 cm³/mol. The molecule has 0 aliphatic heterocycles. The van der Waals surface area contributed by atoms with E-state index in [4.69, 9.17) is 10.5 Å². The number of hydrogen-bond acceptors (Lipinski definition) is 3. The Morgan fingerprint density at radius 2 is 2.05 bits per heavy atom. The van der Waals surface area contributed by atoms with Gasteiger partial charge in [0.05, 0.1) is 0 Å². The van der Waals surface area contributed by atoms with Crippen LogP contribution < -0.4 is 10.5 Å². The number of ether oxygens (including phenoxy) is 1. The van der Waals surface area contributed by atoms with Crippen molar-refractivity contribution in [2.24, 2.45) is 5.73 Å². The number of benzene rings is 1. The van der Waals surface area contributed by atoms with Crippen molar-refractivity contribution >= 4 is 11.3 Å². The van der Waals surface area contributed by atoms with Gasteiger partial charge in [-0.15, -0.1) is 11.3 Å². The van der Waals surface area contributed by atoms with Gasteiger partial charge in [0.25, 0.3) is 0 Å². The summed E-state index contributed by atoms with van der Waals surface area (Å²) in [6, 6.07) is 10.4. The molecule has 0 spiro atoms. The Labute approximate surface area is 119 Å². The van der Waals surface area contributed by atoms with Crippen LogP contribution in [0.1, 0.15) is 41.9 Å². The zero-order valence-corrected chi connectivity index (χ0v) is 12.5. The lowest BCUT2D eigenvalue weighted by molar-refractivity contribution is 0.217. The molecule has 0 aliphatic rings. The summed E-state index contributed by atoms with van der Waals surface area (Å²) >= 11 is 1.71. The average Bonchev–Trinajstić information content (AvgIpc) is 2.82. The van der Waals surface area contributed by atoms with Crippen LogP contribution in [0, 0.1) is 6.92 Å². The molecule has 19 heavy (non-hydrogen) atoms. The molecule has 2 nitrogen and oxygen atoms in total. The minimum absolute atomic E-state index is 0.0533. The normalized spacial score (nSPS) is 12.7. The van der Waals surface area contributed by atoms with Crippen LogP contribution in [0.25, 0.3) is 0 Å². The number of hydrogen-bond donors (Lipinski definition) is 1. The Balaban J connectivity index is 2.19. The maximum absolute atomic E-state index is 6.07. The molecule has 1 aromatic heterocycles. The minimum atomic E-state index is -0.0533. The van der Waals surface area contributed by atoms with Gasteiger partial charge in [0.2, 0.25) is 0 Å². The average molecular weight is 275 g/mol. The maximum Gasteiger partial charge on any atom is 0.145 e. The van der Waals surface area contributed by atoms with Crippen molar-refractivity contribution in [2.75, 3.05) is 6.54 Å². The molecular formula is C16H21NOS. The lowest BCUT2D eigenvalue weighted by Crippen LogP contribution is -2.18. The quantitative estimate of drug-likeness (QED) is 0.885. The Kier molecular flexibility index (Phi) is 4.61. The largest absolute Gasteiger partial charge is 0.484 e. The van der Waals surface area contributed by atoms with Gasteiger partial charge >= 0.3 is 0 Å². The van der Waals surface area contributed by atoms with Gasteiger partial charge in [-0.1, -0.05) is 26.0 Å². The molecule has 0 amide bonds. The fourth-order valence-electron chi connectivity index (χ4n) is 2.03. The predicted octanol–water partition coefficient (Wildman–Crippen LogP) is 4.26. The van der Waals surface area contributed by atoms with E-state index >= 15 is 0 Å². The molecule has 0 saturated heterocycles. The minimum Gasteiger partial charge on any atom is -0.484 e. The van der Waals surface area contributed by atoms with Crippen molar-refractivity contribution in [3.63, 3.8) is 0 Å². The monoisotopic (exact) mass is 275 g/mol. The van der Waals surface area contributed by atoms with E-state index < -0.39 is 0 Å². The topological polar surface area (TPSA) is 35.2 Å². The van der Waals surface area contributed by atoms with Crippen molar-refractivity contribution < 1.29 is 4.74 Å². The highest BCUT2D eigenvalue weighted by Gasteiger charge is 2.15. The van der Waals surface area contributed by atoms with E-state index in [9.17, 15) is 0 Å². The van der Waals surface area contributed by atoms with Gasteiger partial charge in [-0.3, -0.25) is 0 Å². The molecule has 1 aromatic carbocycles.